The SMILES string of the molecule is CO[C@@]1(/C=C/c2ccccc2)C[C@H]1CO[Si](C)(C)C(C)(C)C. The third-order valence-corrected chi connectivity index (χ3v) is 9.79. The van der Waals surface area contributed by atoms with E-state index in [1.54, 1.807) is 0 Å². The van der Waals surface area contributed by atoms with Gasteiger partial charge >= 0.3 is 0 Å². The van der Waals surface area contributed by atoms with Gasteiger partial charge < -0.3 is 9.16 Å². The van der Waals surface area contributed by atoms with Crippen molar-refractivity contribution in [3.8, 4) is 0 Å². The Kier molecular flexibility index (Phi) is 5.00. The maximum Gasteiger partial charge on any atom is 0.191 e. The van der Waals surface area contributed by atoms with Crippen LogP contribution in [0.3, 0.4) is 0 Å². The molecule has 2 rings (SSSR count). The van der Waals surface area contributed by atoms with Gasteiger partial charge in [0.05, 0.1) is 5.60 Å². The molecule has 0 heterocycles. The van der Waals surface area contributed by atoms with Crippen molar-refractivity contribution in [2.24, 2.45) is 5.92 Å². The topological polar surface area (TPSA) is 18.5 Å². The van der Waals surface area contributed by atoms with Crippen molar-refractivity contribution in [2.45, 2.75) is 50.9 Å². The third kappa shape index (κ3) is 3.89. The molecular formula is C19H30O2Si. The zero-order valence-corrected chi connectivity index (χ0v) is 15.8. The van der Waals surface area contributed by atoms with Crippen molar-refractivity contribution in [3.63, 3.8) is 0 Å². The molecule has 0 unspecified atom stereocenters. The van der Waals surface area contributed by atoms with E-state index in [0.29, 0.717) is 5.92 Å². The van der Waals surface area contributed by atoms with Gasteiger partial charge in [-0.25, -0.2) is 0 Å². The number of ether oxygens (including phenoxy) is 1. The predicted molar refractivity (Wildman–Crippen MR) is 96.5 cm³/mol. The molecule has 0 aromatic heterocycles. The van der Waals surface area contributed by atoms with E-state index >= 15 is 0 Å². The van der Waals surface area contributed by atoms with E-state index in [-0.39, 0.29) is 10.6 Å². The summed E-state index contributed by atoms with van der Waals surface area (Å²) in [6.45, 7) is 12.3. The summed E-state index contributed by atoms with van der Waals surface area (Å²) in [6.07, 6.45) is 5.43. The van der Waals surface area contributed by atoms with E-state index in [1.165, 1.54) is 5.56 Å². The van der Waals surface area contributed by atoms with Gasteiger partial charge in [0.15, 0.2) is 8.32 Å². The van der Waals surface area contributed by atoms with Crippen LogP contribution in [0.4, 0.5) is 0 Å². The van der Waals surface area contributed by atoms with Crippen LogP contribution in [0.25, 0.3) is 6.08 Å². The van der Waals surface area contributed by atoms with Crippen LogP contribution < -0.4 is 0 Å². The second kappa shape index (κ2) is 6.30. The van der Waals surface area contributed by atoms with Crippen LogP contribution in [0.2, 0.25) is 18.1 Å². The number of benzene rings is 1. The zero-order valence-electron chi connectivity index (χ0n) is 14.8. The predicted octanol–water partition coefficient (Wildman–Crippen LogP) is 5.13. The van der Waals surface area contributed by atoms with Gasteiger partial charge in [0.1, 0.15) is 0 Å². The van der Waals surface area contributed by atoms with Gasteiger partial charge in [-0.2, -0.15) is 0 Å². The summed E-state index contributed by atoms with van der Waals surface area (Å²) in [5.41, 5.74) is 1.09. The monoisotopic (exact) mass is 318 g/mol. The van der Waals surface area contributed by atoms with Crippen LogP contribution in [-0.2, 0) is 9.16 Å². The molecule has 1 fully saturated rings. The molecule has 1 aromatic carbocycles. The fourth-order valence-electron chi connectivity index (χ4n) is 2.38. The van der Waals surface area contributed by atoms with Gasteiger partial charge in [-0.15, -0.1) is 0 Å². The van der Waals surface area contributed by atoms with E-state index in [9.17, 15) is 0 Å². The first-order chi connectivity index (χ1) is 10.2. The molecule has 22 heavy (non-hydrogen) atoms. The minimum atomic E-state index is -1.67. The summed E-state index contributed by atoms with van der Waals surface area (Å²) in [5, 5.41) is 0.261. The lowest BCUT2D eigenvalue weighted by atomic mass is 10.1. The lowest BCUT2D eigenvalue weighted by Crippen LogP contribution is -2.41. The van der Waals surface area contributed by atoms with Crippen LogP contribution >= 0.6 is 0 Å². The Morgan fingerprint density at radius 2 is 1.86 bits per heavy atom. The average Bonchev–Trinajstić information content (AvgIpc) is 3.17. The molecule has 0 spiro atoms. The van der Waals surface area contributed by atoms with Crippen molar-refractivity contribution in [1.82, 2.24) is 0 Å². The summed E-state index contributed by atoms with van der Waals surface area (Å²) < 4.78 is 12.1. The molecule has 0 bridgehead atoms. The maximum absolute atomic E-state index is 6.35. The molecule has 0 amide bonds. The molecule has 0 radical (unpaired) electrons. The Labute approximate surface area is 136 Å². The minimum absolute atomic E-state index is 0.127. The van der Waals surface area contributed by atoms with E-state index < -0.39 is 8.32 Å². The Balaban J connectivity index is 1.94. The fourth-order valence-corrected chi connectivity index (χ4v) is 3.43. The highest BCUT2D eigenvalue weighted by atomic mass is 28.4. The maximum atomic E-state index is 6.35. The Morgan fingerprint density at radius 1 is 1.23 bits per heavy atom. The largest absolute Gasteiger partial charge is 0.416 e. The van der Waals surface area contributed by atoms with Crippen molar-refractivity contribution in [3.05, 3.63) is 42.0 Å². The van der Waals surface area contributed by atoms with Crippen molar-refractivity contribution < 1.29 is 9.16 Å². The number of methoxy groups -OCH3 is 1. The van der Waals surface area contributed by atoms with Gasteiger partial charge in [0.25, 0.3) is 0 Å². The summed E-state index contributed by atoms with van der Waals surface area (Å²) in [7, 11) is 0.138. The smallest absolute Gasteiger partial charge is 0.191 e. The average molecular weight is 319 g/mol. The molecule has 0 saturated heterocycles. The van der Waals surface area contributed by atoms with Gasteiger partial charge in [-0.3, -0.25) is 0 Å². The van der Waals surface area contributed by atoms with Gasteiger partial charge in [0.2, 0.25) is 0 Å². The molecule has 1 aromatic rings. The van der Waals surface area contributed by atoms with Crippen molar-refractivity contribution in [1.29, 1.82) is 0 Å². The lowest BCUT2D eigenvalue weighted by molar-refractivity contribution is 0.0947. The van der Waals surface area contributed by atoms with Gasteiger partial charge in [-0.1, -0.05) is 63.3 Å². The summed E-state index contributed by atoms with van der Waals surface area (Å²) in [5.74, 6) is 0.478. The molecule has 2 atom stereocenters. The van der Waals surface area contributed by atoms with Crippen LogP contribution in [-0.4, -0.2) is 27.6 Å². The zero-order chi connectivity index (χ0) is 16.4. The first kappa shape index (κ1) is 17.5. The molecular weight excluding hydrogens is 288 g/mol. The second-order valence-corrected chi connectivity index (χ2v) is 12.7. The quantitative estimate of drug-likeness (QED) is 0.677. The molecule has 1 aliphatic rings. The molecule has 3 heteroatoms. The Hall–Kier alpha value is -0.903. The molecule has 1 saturated carbocycles. The Morgan fingerprint density at radius 3 is 2.41 bits per heavy atom. The highest BCUT2D eigenvalue weighted by Crippen LogP contribution is 2.49. The standard InChI is InChI=1S/C19H30O2Si/c1-18(2,3)22(5,6)21-15-17-14-19(17,20-4)13-12-16-10-8-7-9-11-16/h7-13,17H,14-15H2,1-6H3/b13-12+/t17-,19-/m0/s1. The number of rotatable bonds is 6. The van der Waals surface area contributed by atoms with Crippen LogP contribution in [0.15, 0.2) is 36.4 Å². The van der Waals surface area contributed by atoms with E-state index in [2.05, 4.69) is 70.3 Å². The summed E-state index contributed by atoms with van der Waals surface area (Å²) in [4.78, 5) is 0. The fraction of sp³-hybridized carbons (Fsp3) is 0.579. The number of hydrogen-bond donors (Lipinski definition) is 0. The third-order valence-electron chi connectivity index (χ3n) is 5.29. The van der Waals surface area contributed by atoms with Crippen LogP contribution in [0, 0.1) is 5.92 Å². The lowest BCUT2D eigenvalue weighted by Gasteiger charge is -2.36. The molecule has 0 aliphatic heterocycles. The highest BCUT2D eigenvalue weighted by molar-refractivity contribution is 6.74. The Bertz CT molecular complexity index is 516. The highest BCUT2D eigenvalue weighted by Gasteiger charge is 2.54. The number of hydrogen-bond acceptors (Lipinski definition) is 2. The molecule has 2 nitrogen and oxygen atoms in total. The first-order valence-electron chi connectivity index (χ1n) is 8.14. The van der Waals surface area contributed by atoms with Crippen molar-refractivity contribution >= 4 is 14.4 Å². The summed E-state index contributed by atoms with van der Waals surface area (Å²) in [6, 6.07) is 10.4. The second-order valence-electron chi connectivity index (χ2n) is 7.88. The first-order valence-corrected chi connectivity index (χ1v) is 11.0. The van der Waals surface area contributed by atoms with Crippen molar-refractivity contribution in [2.75, 3.05) is 13.7 Å². The normalized spacial score (nSPS) is 25.6. The summed E-state index contributed by atoms with van der Waals surface area (Å²) >= 11 is 0. The van der Waals surface area contributed by atoms with Gasteiger partial charge in [0, 0.05) is 19.6 Å². The van der Waals surface area contributed by atoms with E-state index in [4.69, 9.17) is 9.16 Å². The molecule has 0 N–H and O–H groups in total. The minimum Gasteiger partial charge on any atom is -0.416 e. The molecule has 122 valence electrons. The van der Waals surface area contributed by atoms with Crippen LogP contribution in [0.5, 0.6) is 0 Å². The van der Waals surface area contributed by atoms with Gasteiger partial charge in [-0.05, 0) is 30.1 Å². The molecule has 1 aliphatic carbocycles. The van der Waals surface area contributed by atoms with E-state index in [0.717, 1.165) is 13.0 Å². The van der Waals surface area contributed by atoms with E-state index in [1.807, 2.05) is 13.2 Å². The van der Waals surface area contributed by atoms with Crippen LogP contribution in [0.1, 0.15) is 32.8 Å².